The lowest BCUT2D eigenvalue weighted by Crippen LogP contribution is -2.46. The SMILES string of the molecule is CCC(=O)CCCCCC(=O)C[C@H](C(=O)N[C@@H](CCCNC(N)=O)C(=O)Cc1ccc(CONC(=O)CCCCCCC(=O)Cc2ccccc2)cc1)C(C)C. The minimum atomic E-state index is -0.829. The Hall–Kier alpha value is -4.71. The molecule has 0 aromatic heterocycles. The number of hydrogen-bond donors (Lipinski definition) is 4. The number of ketones is 4. The molecule has 0 unspecified atom stereocenters. The van der Waals surface area contributed by atoms with Crippen LogP contribution in [0.15, 0.2) is 54.6 Å². The number of unbranched alkanes of at least 4 members (excludes halogenated alkanes) is 5. The second kappa shape index (κ2) is 27.8. The van der Waals surface area contributed by atoms with Gasteiger partial charge in [-0.25, -0.2) is 10.3 Å². The Kier molecular flexibility index (Phi) is 23.6. The maximum Gasteiger partial charge on any atom is 0.312 e. The second-order valence-electron chi connectivity index (χ2n) is 14.9. The Morgan fingerprint density at radius 2 is 1.23 bits per heavy atom. The zero-order valence-electron chi connectivity index (χ0n) is 33.7. The Balaban J connectivity index is 1.79. The van der Waals surface area contributed by atoms with Crippen molar-refractivity contribution < 1.29 is 38.4 Å². The average Bonchev–Trinajstić information content (AvgIpc) is 3.16. The van der Waals surface area contributed by atoms with Crippen LogP contribution in [0.25, 0.3) is 0 Å². The van der Waals surface area contributed by atoms with Crippen molar-refractivity contribution in [1.82, 2.24) is 16.1 Å². The fourth-order valence-corrected chi connectivity index (χ4v) is 6.29. The van der Waals surface area contributed by atoms with E-state index in [0.717, 1.165) is 48.8 Å². The molecule has 0 aliphatic carbocycles. The highest BCUT2D eigenvalue weighted by Gasteiger charge is 2.29. The first-order chi connectivity index (χ1) is 26.9. The largest absolute Gasteiger partial charge is 0.352 e. The van der Waals surface area contributed by atoms with Gasteiger partial charge in [-0.3, -0.25) is 33.6 Å². The van der Waals surface area contributed by atoms with Crippen LogP contribution < -0.4 is 21.8 Å². The first-order valence-electron chi connectivity index (χ1n) is 20.3. The van der Waals surface area contributed by atoms with Crippen LogP contribution in [-0.2, 0) is 53.1 Å². The van der Waals surface area contributed by atoms with E-state index in [1.807, 2.05) is 51.1 Å². The van der Waals surface area contributed by atoms with Gasteiger partial charge in [-0.2, -0.15) is 0 Å². The van der Waals surface area contributed by atoms with Gasteiger partial charge in [-0.15, -0.1) is 0 Å². The Morgan fingerprint density at radius 1 is 0.661 bits per heavy atom. The Bertz CT molecular complexity index is 1530. The van der Waals surface area contributed by atoms with Crippen LogP contribution in [0, 0.1) is 11.8 Å². The van der Waals surface area contributed by atoms with Crippen LogP contribution >= 0.6 is 0 Å². The maximum absolute atomic E-state index is 13.5. The van der Waals surface area contributed by atoms with Gasteiger partial charge in [-0.1, -0.05) is 94.6 Å². The van der Waals surface area contributed by atoms with Crippen LogP contribution in [0.2, 0.25) is 0 Å². The van der Waals surface area contributed by atoms with Gasteiger partial charge < -0.3 is 16.4 Å². The average molecular weight is 777 g/mol. The first-order valence-corrected chi connectivity index (χ1v) is 20.3. The summed E-state index contributed by atoms with van der Waals surface area (Å²) >= 11 is 0. The standard InChI is InChI=1S/C44H64N4O8/c1-4-36(49)18-12-8-13-20-38(51)30-39(32(2)3)43(54)47-40(21-15-27-46-44(45)55)41(52)29-34-23-25-35(26-24-34)31-56-48-42(53)22-14-6-5-11-19-37(50)28-33-16-9-7-10-17-33/h7,9-10,16-17,23-26,32,39-40H,4-6,8,11-15,18-22,27-31H2,1-3H3,(H,47,54)(H,48,53)(H3,45,46,55)/t39-,40-/m0/s1. The number of carbonyl (C=O) groups excluding carboxylic acids is 7. The van der Waals surface area contributed by atoms with E-state index in [4.69, 9.17) is 10.6 Å². The molecule has 12 nitrogen and oxygen atoms in total. The lowest BCUT2D eigenvalue weighted by atomic mass is 9.88. The molecule has 5 N–H and O–H groups in total. The predicted molar refractivity (Wildman–Crippen MR) is 216 cm³/mol. The second-order valence-corrected chi connectivity index (χ2v) is 14.9. The molecule has 0 radical (unpaired) electrons. The summed E-state index contributed by atoms with van der Waals surface area (Å²) in [5, 5.41) is 5.41. The third-order valence-electron chi connectivity index (χ3n) is 9.75. The fourth-order valence-electron chi connectivity index (χ4n) is 6.29. The monoisotopic (exact) mass is 776 g/mol. The number of amides is 4. The molecule has 0 heterocycles. The number of hydroxylamine groups is 1. The summed E-state index contributed by atoms with van der Waals surface area (Å²) in [5.74, 6) is -1.09. The molecule has 2 aromatic rings. The highest BCUT2D eigenvalue weighted by molar-refractivity contribution is 5.93. The summed E-state index contributed by atoms with van der Waals surface area (Å²) in [6.07, 6.45) is 8.95. The molecule has 0 fully saturated rings. The summed E-state index contributed by atoms with van der Waals surface area (Å²) in [6, 6.07) is 15.4. The van der Waals surface area contributed by atoms with Crippen molar-refractivity contribution in [2.24, 2.45) is 17.6 Å². The molecular weight excluding hydrogens is 713 g/mol. The summed E-state index contributed by atoms with van der Waals surface area (Å²) in [7, 11) is 0. The minimum absolute atomic E-state index is 0.0197. The van der Waals surface area contributed by atoms with Crippen LogP contribution in [0.3, 0.4) is 0 Å². The van der Waals surface area contributed by atoms with Gasteiger partial charge >= 0.3 is 6.03 Å². The molecule has 12 heteroatoms. The Morgan fingerprint density at radius 3 is 1.86 bits per heavy atom. The van der Waals surface area contributed by atoms with Gasteiger partial charge in [0.05, 0.1) is 12.6 Å². The predicted octanol–water partition coefficient (Wildman–Crippen LogP) is 6.59. The number of urea groups is 1. The van der Waals surface area contributed by atoms with Crippen molar-refractivity contribution in [2.75, 3.05) is 6.54 Å². The van der Waals surface area contributed by atoms with Crippen molar-refractivity contribution in [3.05, 3.63) is 71.3 Å². The minimum Gasteiger partial charge on any atom is -0.352 e. The van der Waals surface area contributed by atoms with Gasteiger partial charge in [0.1, 0.15) is 17.3 Å². The van der Waals surface area contributed by atoms with E-state index < -0.39 is 18.0 Å². The lowest BCUT2D eigenvalue weighted by molar-refractivity contribution is -0.134. The number of hydrogen-bond acceptors (Lipinski definition) is 8. The molecule has 2 aromatic carbocycles. The molecule has 56 heavy (non-hydrogen) atoms. The van der Waals surface area contributed by atoms with Crippen molar-refractivity contribution in [1.29, 1.82) is 0 Å². The smallest absolute Gasteiger partial charge is 0.312 e. The fraction of sp³-hybridized carbons (Fsp3) is 0.568. The van der Waals surface area contributed by atoms with E-state index in [1.54, 1.807) is 24.3 Å². The topological polar surface area (TPSA) is 191 Å². The number of nitrogens with one attached hydrogen (secondary N) is 3. The first kappa shape index (κ1) is 47.4. The molecule has 0 spiro atoms. The van der Waals surface area contributed by atoms with E-state index in [2.05, 4.69) is 16.1 Å². The van der Waals surface area contributed by atoms with Gasteiger partial charge in [-0.05, 0) is 61.1 Å². The van der Waals surface area contributed by atoms with Crippen LogP contribution in [-0.4, -0.2) is 53.6 Å². The quantitative estimate of drug-likeness (QED) is 0.0487. The number of benzene rings is 2. The maximum atomic E-state index is 13.5. The summed E-state index contributed by atoms with van der Waals surface area (Å²) < 4.78 is 0. The van der Waals surface area contributed by atoms with Crippen LogP contribution in [0.4, 0.5) is 4.79 Å². The highest BCUT2D eigenvalue weighted by atomic mass is 16.6. The van der Waals surface area contributed by atoms with E-state index in [0.29, 0.717) is 57.8 Å². The zero-order chi connectivity index (χ0) is 41.1. The number of Topliss-reactive ketones (excluding diaryl/α,β-unsaturated/α-hetero) is 4. The third-order valence-corrected chi connectivity index (χ3v) is 9.75. The molecule has 0 saturated heterocycles. The van der Waals surface area contributed by atoms with Crippen LogP contribution in [0.5, 0.6) is 0 Å². The van der Waals surface area contributed by atoms with Crippen molar-refractivity contribution in [3.63, 3.8) is 0 Å². The molecule has 308 valence electrons. The summed E-state index contributed by atoms with van der Waals surface area (Å²) in [4.78, 5) is 92.3. The van der Waals surface area contributed by atoms with Gasteiger partial charge in [0.15, 0.2) is 5.78 Å². The molecular formula is C44H64N4O8. The molecule has 2 rings (SSSR count). The number of nitrogens with two attached hydrogens (primary N) is 1. The van der Waals surface area contributed by atoms with Crippen molar-refractivity contribution in [2.45, 2.75) is 143 Å². The zero-order valence-corrected chi connectivity index (χ0v) is 33.7. The third kappa shape index (κ3) is 21.4. The number of rotatable bonds is 31. The highest BCUT2D eigenvalue weighted by Crippen LogP contribution is 2.20. The molecule has 0 bridgehead atoms. The normalized spacial score (nSPS) is 12.1. The molecule has 2 atom stereocenters. The molecule has 0 saturated carbocycles. The number of carbonyl (C=O) groups is 7. The van der Waals surface area contributed by atoms with Gasteiger partial charge in [0.2, 0.25) is 11.8 Å². The van der Waals surface area contributed by atoms with Gasteiger partial charge in [0.25, 0.3) is 0 Å². The van der Waals surface area contributed by atoms with Crippen LogP contribution in [0.1, 0.15) is 134 Å². The van der Waals surface area contributed by atoms with Crippen molar-refractivity contribution in [3.8, 4) is 0 Å². The summed E-state index contributed by atoms with van der Waals surface area (Å²) in [6.45, 7) is 5.97. The van der Waals surface area contributed by atoms with Crippen molar-refractivity contribution >= 4 is 41.0 Å². The van der Waals surface area contributed by atoms with E-state index in [-0.39, 0.29) is 73.3 Å². The number of primary amides is 1. The van der Waals surface area contributed by atoms with E-state index >= 15 is 0 Å². The van der Waals surface area contributed by atoms with Gasteiger partial charge in [0, 0.05) is 63.8 Å². The van der Waals surface area contributed by atoms with E-state index in [9.17, 15) is 33.6 Å². The summed E-state index contributed by atoms with van der Waals surface area (Å²) in [5.41, 5.74) is 10.2. The lowest BCUT2D eigenvalue weighted by Gasteiger charge is -2.24. The van der Waals surface area contributed by atoms with E-state index in [1.165, 1.54) is 0 Å². The molecule has 0 aliphatic rings. The molecule has 4 amide bonds. The molecule has 0 aliphatic heterocycles. The Labute approximate surface area is 332 Å².